The molecule has 1 fully saturated rings. The van der Waals surface area contributed by atoms with Gasteiger partial charge in [-0.1, -0.05) is 68.9 Å². The van der Waals surface area contributed by atoms with E-state index in [0.29, 0.717) is 32.7 Å². The van der Waals surface area contributed by atoms with Crippen LogP contribution in [-0.2, 0) is 11.3 Å². The first-order chi connectivity index (χ1) is 20.2. The minimum atomic E-state index is -1.22. The summed E-state index contributed by atoms with van der Waals surface area (Å²) in [6.07, 6.45) is 4.04. The number of unbranched alkanes of at least 4 members (excludes halogenated alkanes) is 6. The van der Waals surface area contributed by atoms with Crippen LogP contribution < -0.4 is 0 Å². The summed E-state index contributed by atoms with van der Waals surface area (Å²) in [6.45, 7) is 4.14. The smallest absolute Gasteiger partial charge is 0.407 e. The van der Waals surface area contributed by atoms with E-state index in [9.17, 15) is 34.8 Å². The van der Waals surface area contributed by atoms with Gasteiger partial charge in [-0.05, 0) is 25.3 Å². The Balaban J connectivity index is 1.70. The van der Waals surface area contributed by atoms with Crippen molar-refractivity contribution in [1.82, 2.24) is 19.6 Å². The molecule has 1 saturated heterocycles. The molecule has 0 radical (unpaired) electrons. The Bertz CT molecular complexity index is 922. The fourth-order valence-corrected chi connectivity index (χ4v) is 5.16. The van der Waals surface area contributed by atoms with Crippen molar-refractivity contribution in [3.63, 3.8) is 0 Å². The highest BCUT2D eigenvalue weighted by molar-refractivity contribution is 5.67. The van der Waals surface area contributed by atoms with E-state index < -0.39 is 30.4 Å². The van der Waals surface area contributed by atoms with Crippen LogP contribution in [0.25, 0.3) is 0 Å². The van der Waals surface area contributed by atoms with Crippen molar-refractivity contribution in [2.24, 2.45) is 0 Å². The molecule has 238 valence electrons. The number of ether oxygens (including phenoxy) is 1. The van der Waals surface area contributed by atoms with Gasteiger partial charge in [-0.15, -0.1) is 0 Å². The lowest BCUT2D eigenvalue weighted by atomic mass is 10.1. The van der Waals surface area contributed by atoms with E-state index in [1.807, 2.05) is 23.1 Å². The van der Waals surface area contributed by atoms with Crippen LogP contribution in [0.4, 0.5) is 14.4 Å². The van der Waals surface area contributed by atoms with Crippen LogP contribution >= 0.6 is 0 Å². The molecule has 0 saturated carbocycles. The topological polar surface area (TPSA) is 154 Å². The summed E-state index contributed by atoms with van der Waals surface area (Å²) >= 11 is 0. The summed E-state index contributed by atoms with van der Waals surface area (Å²) in [5.74, 6) is 0. The van der Waals surface area contributed by atoms with E-state index in [1.54, 1.807) is 6.92 Å². The number of β-amino-alcohol motifs (C(OH)–C–C–N with tert-alkyl or cyclic N) is 1. The highest BCUT2D eigenvalue weighted by atomic mass is 16.5. The number of aliphatic hydroxyl groups excluding tert-OH is 1. The zero-order valence-corrected chi connectivity index (χ0v) is 25.0. The SMILES string of the molecule is CC1CN(C(=O)O)CCN(C(=O)O)CCN(CC(O)CCCCCCCCCOCc2ccccc2)CCN1C(=O)O. The van der Waals surface area contributed by atoms with Gasteiger partial charge in [-0.2, -0.15) is 0 Å². The van der Waals surface area contributed by atoms with Crippen molar-refractivity contribution in [3.05, 3.63) is 35.9 Å². The zero-order valence-electron chi connectivity index (χ0n) is 25.0. The van der Waals surface area contributed by atoms with E-state index in [4.69, 9.17) is 4.74 Å². The summed E-state index contributed by atoms with van der Waals surface area (Å²) < 4.78 is 5.73. The Morgan fingerprint density at radius 1 is 0.786 bits per heavy atom. The van der Waals surface area contributed by atoms with Gasteiger partial charge in [0.05, 0.1) is 12.7 Å². The minimum Gasteiger partial charge on any atom is -0.465 e. The summed E-state index contributed by atoms with van der Waals surface area (Å²) in [4.78, 5) is 40.6. The molecule has 2 atom stereocenters. The maximum absolute atomic E-state index is 11.9. The molecular formula is C30H50N4O8. The third kappa shape index (κ3) is 14.2. The molecule has 0 aromatic heterocycles. The van der Waals surface area contributed by atoms with E-state index in [0.717, 1.165) is 56.5 Å². The second-order valence-corrected chi connectivity index (χ2v) is 11.1. The molecule has 42 heavy (non-hydrogen) atoms. The Morgan fingerprint density at radius 3 is 2.00 bits per heavy atom. The molecule has 1 heterocycles. The van der Waals surface area contributed by atoms with Gasteiger partial charge in [0, 0.05) is 65.0 Å². The number of nitrogens with zero attached hydrogens (tertiary/aromatic N) is 4. The second kappa shape index (κ2) is 19.9. The first kappa shape index (κ1) is 35.1. The number of amides is 3. The molecule has 2 unspecified atom stereocenters. The molecule has 0 aliphatic carbocycles. The lowest BCUT2D eigenvalue weighted by Gasteiger charge is -2.35. The molecule has 0 bridgehead atoms. The number of carboxylic acid groups (broad SMARTS) is 3. The molecule has 1 aliphatic rings. The number of carbonyl (C=O) groups is 3. The van der Waals surface area contributed by atoms with Crippen molar-refractivity contribution in [2.45, 2.75) is 77.0 Å². The van der Waals surface area contributed by atoms with Gasteiger partial charge in [0.1, 0.15) is 0 Å². The van der Waals surface area contributed by atoms with Crippen molar-refractivity contribution in [3.8, 4) is 0 Å². The van der Waals surface area contributed by atoms with Gasteiger partial charge in [0.15, 0.2) is 0 Å². The summed E-state index contributed by atoms with van der Waals surface area (Å²) in [6, 6.07) is 9.55. The Hall–Kier alpha value is -3.09. The van der Waals surface area contributed by atoms with E-state index in [-0.39, 0.29) is 32.7 Å². The third-order valence-electron chi connectivity index (χ3n) is 7.69. The molecule has 1 aromatic rings. The standard InChI is InChI=1S/C30H50N4O8/c1-25-22-33(29(38)39)19-18-32(28(36)37)17-15-31(16-20-34(25)30(40)41)23-27(35)14-10-5-3-2-4-6-11-21-42-24-26-12-8-7-9-13-26/h7-9,12-13,25,27,35H,2-6,10-11,14-24H2,1H3,(H,36,37)(H,38,39)(H,40,41). The average Bonchev–Trinajstić information content (AvgIpc) is 2.94. The van der Waals surface area contributed by atoms with E-state index >= 15 is 0 Å². The van der Waals surface area contributed by atoms with Gasteiger partial charge >= 0.3 is 18.3 Å². The lowest BCUT2D eigenvalue weighted by molar-refractivity contribution is 0.0657. The van der Waals surface area contributed by atoms with E-state index in [1.165, 1.54) is 15.4 Å². The van der Waals surface area contributed by atoms with Crippen LogP contribution in [0.5, 0.6) is 0 Å². The maximum atomic E-state index is 11.9. The monoisotopic (exact) mass is 594 g/mol. The molecule has 12 heteroatoms. The number of benzene rings is 1. The quantitative estimate of drug-likeness (QED) is 0.230. The fraction of sp³-hybridized carbons (Fsp3) is 0.700. The molecule has 12 nitrogen and oxygen atoms in total. The van der Waals surface area contributed by atoms with Crippen LogP contribution in [0.2, 0.25) is 0 Å². The number of hydrogen-bond donors (Lipinski definition) is 4. The Morgan fingerprint density at radius 2 is 1.36 bits per heavy atom. The molecular weight excluding hydrogens is 544 g/mol. The average molecular weight is 595 g/mol. The van der Waals surface area contributed by atoms with Crippen LogP contribution in [0.1, 0.15) is 63.9 Å². The first-order valence-electron chi connectivity index (χ1n) is 15.1. The van der Waals surface area contributed by atoms with Crippen molar-refractivity contribution >= 4 is 18.3 Å². The molecule has 2 rings (SSSR count). The highest BCUT2D eigenvalue weighted by Gasteiger charge is 2.27. The summed E-state index contributed by atoms with van der Waals surface area (Å²) in [5.41, 5.74) is 1.19. The first-order valence-corrected chi connectivity index (χ1v) is 15.1. The van der Waals surface area contributed by atoms with Crippen molar-refractivity contribution in [1.29, 1.82) is 0 Å². The summed E-state index contributed by atoms with van der Waals surface area (Å²) in [5, 5.41) is 39.5. The lowest BCUT2D eigenvalue weighted by Crippen LogP contribution is -2.52. The van der Waals surface area contributed by atoms with Gasteiger partial charge in [0.25, 0.3) is 0 Å². The normalized spacial score (nSPS) is 18.2. The van der Waals surface area contributed by atoms with Gasteiger partial charge < -0.3 is 39.9 Å². The number of hydrogen-bond acceptors (Lipinski definition) is 6. The molecule has 3 amide bonds. The van der Waals surface area contributed by atoms with Gasteiger partial charge in [-0.3, -0.25) is 4.90 Å². The second-order valence-electron chi connectivity index (χ2n) is 11.1. The molecule has 1 aromatic carbocycles. The van der Waals surface area contributed by atoms with Crippen molar-refractivity contribution in [2.75, 3.05) is 59.0 Å². The summed E-state index contributed by atoms with van der Waals surface area (Å²) in [7, 11) is 0. The Kier molecular flexibility index (Phi) is 16.7. The molecule has 1 aliphatic heterocycles. The largest absolute Gasteiger partial charge is 0.465 e. The molecule has 0 spiro atoms. The van der Waals surface area contributed by atoms with E-state index in [2.05, 4.69) is 12.1 Å². The maximum Gasteiger partial charge on any atom is 0.407 e. The van der Waals surface area contributed by atoms with Gasteiger partial charge in [-0.25, -0.2) is 14.4 Å². The van der Waals surface area contributed by atoms with Crippen LogP contribution in [0.15, 0.2) is 30.3 Å². The van der Waals surface area contributed by atoms with Crippen molar-refractivity contribution < 1.29 is 39.5 Å². The zero-order chi connectivity index (χ0) is 30.7. The predicted molar refractivity (Wildman–Crippen MR) is 159 cm³/mol. The highest BCUT2D eigenvalue weighted by Crippen LogP contribution is 2.12. The minimum absolute atomic E-state index is 0.0153. The van der Waals surface area contributed by atoms with Crippen LogP contribution in [0.3, 0.4) is 0 Å². The Labute approximate surface area is 249 Å². The molecule has 4 N–H and O–H groups in total. The van der Waals surface area contributed by atoms with Gasteiger partial charge in [0.2, 0.25) is 0 Å². The van der Waals surface area contributed by atoms with Crippen LogP contribution in [-0.4, -0.2) is 129 Å². The fourth-order valence-electron chi connectivity index (χ4n) is 5.16. The predicted octanol–water partition coefficient (Wildman–Crippen LogP) is 4.33. The van der Waals surface area contributed by atoms with Crippen LogP contribution in [0, 0.1) is 0 Å². The third-order valence-corrected chi connectivity index (χ3v) is 7.69. The number of rotatable bonds is 14. The number of aliphatic hydroxyl groups is 1.